The molecule has 15 heavy (non-hydrogen) atoms. The predicted molar refractivity (Wildman–Crippen MR) is 56.8 cm³/mol. The lowest BCUT2D eigenvalue weighted by atomic mass is 10.1. The third kappa shape index (κ3) is 2.26. The van der Waals surface area contributed by atoms with Gasteiger partial charge < -0.3 is 10.2 Å². The van der Waals surface area contributed by atoms with Crippen LogP contribution in [0.3, 0.4) is 0 Å². The van der Waals surface area contributed by atoms with Gasteiger partial charge in [0, 0.05) is 24.4 Å². The molecule has 1 aromatic carbocycles. The molecular weight excluding hydrogens is 190 g/mol. The van der Waals surface area contributed by atoms with Crippen LogP contribution >= 0.6 is 0 Å². The van der Waals surface area contributed by atoms with E-state index in [4.69, 9.17) is 0 Å². The second-order valence-electron chi connectivity index (χ2n) is 3.35. The highest BCUT2D eigenvalue weighted by atomic mass is 16.3. The number of pyridine rings is 1. The van der Waals surface area contributed by atoms with Crippen LogP contribution in [0.1, 0.15) is 11.1 Å². The second kappa shape index (κ2) is 4.00. The molecule has 76 valence electrons. The van der Waals surface area contributed by atoms with Gasteiger partial charge in [0.25, 0.3) is 0 Å². The molecule has 0 spiro atoms. The maximum absolute atomic E-state index is 9.57. The lowest BCUT2D eigenvalue weighted by Crippen LogP contribution is -1.88. The van der Waals surface area contributed by atoms with Crippen molar-refractivity contribution in [2.24, 2.45) is 0 Å². The van der Waals surface area contributed by atoms with Crippen LogP contribution in [0.5, 0.6) is 11.5 Å². The van der Waals surface area contributed by atoms with E-state index in [1.54, 1.807) is 18.5 Å². The third-order valence-corrected chi connectivity index (χ3v) is 2.21. The average molecular weight is 201 g/mol. The van der Waals surface area contributed by atoms with Crippen LogP contribution in [0, 0.1) is 0 Å². The van der Waals surface area contributed by atoms with Gasteiger partial charge in [0.05, 0.1) is 0 Å². The predicted octanol–water partition coefficient (Wildman–Crippen LogP) is 2.08. The van der Waals surface area contributed by atoms with Crippen molar-refractivity contribution in [2.75, 3.05) is 0 Å². The van der Waals surface area contributed by atoms with Crippen LogP contribution in [0.4, 0.5) is 0 Å². The summed E-state index contributed by atoms with van der Waals surface area (Å²) in [5, 5.41) is 18.9. The number of aromatic hydroxyl groups is 2. The monoisotopic (exact) mass is 201 g/mol. The van der Waals surface area contributed by atoms with Gasteiger partial charge in [-0.3, -0.25) is 4.98 Å². The lowest BCUT2D eigenvalue weighted by molar-refractivity contribution is 0.455. The van der Waals surface area contributed by atoms with Crippen LogP contribution in [0.25, 0.3) is 0 Å². The van der Waals surface area contributed by atoms with Crippen molar-refractivity contribution < 1.29 is 10.2 Å². The summed E-state index contributed by atoms with van der Waals surface area (Å²) < 4.78 is 0. The third-order valence-electron chi connectivity index (χ3n) is 2.21. The zero-order valence-corrected chi connectivity index (χ0v) is 8.09. The van der Waals surface area contributed by atoms with Gasteiger partial charge in [-0.25, -0.2) is 0 Å². The molecule has 2 N–H and O–H groups in total. The van der Waals surface area contributed by atoms with E-state index in [2.05, 4.69) is 4.98 Å². The highest BCUT2D eigenvalue weighted by molar-refractivity contribution is 5.41. The number of phenols is 2. The molecule has 0 aliphatic rings. The van der Waals surface area contributed by atoms with Crippen LogP contribution in [0.15, 0.2) is 42.7 Å². The van der Waals surface area contributed by atoms with Crippen LogP contribution in [-0.2, 0) is 6.42 Å². The number of nitrogens with zero attached hydrogens (tertiary/aromatic N) is 1. The van der Waals surface area contributed by atoms with E-state index < -0.39 is 0 Å². The lowest BCUT2D eigenvalue weighted by Gasteiger charge is -2.04. The fourth-order valence-corrected chi connectivity index (χ4v) is 1.43. The highest BCUT2D eigenvalue weighted by Gasteiger charge is 2.03. The molecule has 0 saturated heterocycles. The van der Waals surface area contributed by atoms with Gasteiger partial charge in [-0.2, -0.15) is 0 Å². The summed E-state index contributed by atoms with van der Waals surface area (Å²) in [5.74, 6) is 0.362. The van der Waals surface area contributed by atoms with Gasteiger partial charge >= 0.3 is 0 Å². The van der Waals surface area contributed by atoms with Crippen molar-refractivity contribution in [1.82, 2.24) is 4.98 Å². The summed E-state index contributed by atoms with van der Waals surface area (Å²) in [7, 11) is 0. The molecular formula is C12H11NO2. The minimum absolute atomic E-state index is 0.164. The molecule has 0 aliphatic carbocycles. The Morgan fingerprint density at radius 1 is 1.00 bits per heavy atom. The first kappa shape index (κ1) is 9.52. The Hall–Kier alpha value is -2.03. The number of hydrogen-bond donors (Lipinski definition) is 2. The number of aromatic nitrogens is 1. The first-order valence-corrected chi connectivity index (χ1v) is 4.65. The van der Waals surface area contributed by atoms with E-state index in [1.807, 2.05) is 12.1 Å². The smallest absolute Gasteiger partial charge is 0.119 e. The minimum Gasteiger partial charge on any atom is -0.508 e. The van der Waals surface area contributed by atoms with Crippen LogP contribution in [-0.4, -0.2) is 15.2 Å². The molecule has 1 aromatic heterocycles. The van der Waals surface area contributed by atoms with Crippen molar-refractivity contribution in [1.29, 1.82) is 0 Å². The Bertz CT molecular complexity index is 454. The summed E-state index contributed by atoms with van der Waals surface area (Å²) in [5.41, 5.74) is 1.76. The molecule has 0 saturated carbocycles. The number of hydrogen-bond acceptors (Lipinski definition) is 3. The summed E-state index contributed by atoms with van der Waals surface area (Å²) in [6, 6.07) is 8.28. The van der Waals surface area contributed by atoms with E-state index in [0.717, 1.165) is 5.56 Å². The highest BCUT2D eigenvalue weighted by Crippen LogP contribution is 2.24. The van der Waals surface area contributed by atoms with E-state index in [9.17, 15) is 10.2 Å². The topological polar surface area (TPSA) is 53.4 Å². The van der Waals surface area contributed by atoms with Gasteiger partial charge in [-0.05, 0) is 35.9 Å². The normalized spacial score (nSPS) is 10.1. The first-order chi connectivity index (χ1) is 7.25. The average Bonchev–Trinajstić information content (AvgIpc) is 2.25. The molecule has 2 rings (SSSR count). The Kier molecular flexibility index (Phi) is 2.54. The Labute approximate surface area is 87.7 Å². The Morgan fingerprint density at radius 2 is 1.73 bits per heavy atom. The van der Waals surface area contributed by atoms with Gasteiger partial charge in [-0.1, -0.05) is 0 Å². The molecule has 0 radical (unpaired) electrons. The van der Waals surface area contributed by atoms with Crippen LogP contribution in [0.2, 0.25) is 0 Å². The van der Waals surface area contributed by atoms with Gasteiger partial charge in [0.1, 0.15) is 11.5 Å². The fourth-order valence-electron chi connectivity index (χ4n) is 1.43. The first-order valence-electron chi connectivity index (χ1n) is 4.65. The number of benzene rings is 1. The molecule has 0 bridgehead atoms. The van der Waals surface area contributed by atoms with E-state index >= 15 is 0 Å². The maximum Gasteiger partial charge on any atom is 0.119 e. The van der Waals surface area contributed by atoms with Gasteiger partial charge in [0.15, 0.2) is 0 Å². The number of phenolic OH excluding ortho intramolecular Hbond substituents is 2. The Morgan fingerprint density at radius 3 is 2.47 bits per heavy atom. The molecule has 0 atom stereocenters. The standard InChI is InChI=1S/C12H11NO2/c14-11-1-2-12(15)10(8-11)7-9-3-5-13-6-4-9/h1-6,8,14-15H,7H2. The molecule has 2 aromatic rings. The maximum atomic E-state index is 9.57. The molecule has 0 aliphatic heterocycles. The SMILES string of the molecule is Oc1ccc(O)c(Cc2ccncc2)c1. The van der Waals surface area contributed by atoms with Crippen molar-refractivity contribution in [3.63, 3.8) is 0 Å². The van der Waals surface area contributed by atoms with E-state index in [1.165, 1.54) is 12.1 Å². The zero-order chi connectivity index (χ0) is 10.7. The molecule has 3 heteroatoms. The molecule has 0 unspecified atom stereocenters. The van der Waals surface area contributed by atoms with E-state index in [0.29, 0.717) is 12.0 Å². The van der Waals surface area contributed by atoms with E-state index in [-0.39, 0.29) is 11.5 Å². The molecule has 0 fully saturated rings. The molecule has 0 amide bonds. The van der Waals surface area contributed by atoms with Crippen molar-refractivity contribution in [3.05, 3.63) is 53.9 Å². The summed E-state index contributed by atoms with van der Waals surface area (Å²) in [6.45, 7) is 0. The van der Waals surface area contributed by atoms with Crippen LogP contribution < -0.4 is 0 Å². The fraction of sp³-hybridized carbons (Fsp3) is 0.0833. The quantitative estimate of drug-likeness (QED) is 0.731. The Balaban J connectivity index is 2.28. The number of rotatable bonds is 2. The summed E-state index contributed by atoms with van der Waals surface area (Å²) in [4.78, 5) is 3.92. The molecule has 3 nitrogen and oxygen atoms in total. The largest absolute Gasteiger partial charge is 0.508 e. The minimum atomic E-state index is 0.164. The second-order valence-corrected chi connectivity index (χ2v) is 3.35. The van der Waals surface area contributed by atoms with Gasteiger partial charge in [0.2, 0.25) is 0 Å². The van der Waals surface area contributed by atoms with Gasteiger partial charge in [-0.15, -0.1) is 0 Å². The van der Waals surface area contributed by atoms with Crippen molar-refractivity contribution in [3.8, 4) is 11.5 Å². The van der Waals surface area contributed by atoms with Crippen molar-refractivity contribution >= 4 is 0 Å². The molecule has 1 heterocycles. The zero-order valence-electron chi connectivity index (χ0n) is 8.09. The summed E-state index contributed by atoms with van der Waals surface area (Å²) >= 11 is 0. The van der Waals surface area contributed by atoms with Crippen molar-refractivity contribution in [2.45, 2.75) is 6.42 Å². The summed E-state index contributed by atoms with van der Waals surface area (Å²) in [6.07, 6.45) is 3.99.